The van der Waals surface area contributed by atoms with Gasteiger partial charge in [-0.2, -0.15) is 0 Å². The predicted molar refractivity (Wildman–Crippen MR) is 123 cm³/mol. The van der Waals surface area contributed by atoms with Crippen LogP contribution in [0.1, 0.15) is 18.2 Å². The van der Waals surface area contributed by atoms with Gasteiger partial charge in [0.2, 0.25) is 0 Å². The molecular formula is C20H23N3O3S3. The Kier molecular flexibility index (Phi) is 8.36. The molecule has 0 N–H and O–H groups in total. The molecule has 0 aliphatic carbocycles. The number of benzene rings is 1. The summed E-state index contributed by atoms with van der Waals surface area (Å²) in [5.41, 5.74) is 1.33. The zero-order chi connectivity index (χ0) is 21.4. The van der Waals surface area contributed by atoms with Gasteiger partial charge in [-0.05, 0) is 19.1 Å². The minimum absolute atomic E-state index is 0.0796. The van der Waals surface area contributed by atoms with Crippen molar-refractivity contribution in [2.75, 3.05) is 31.8 Å². The molecule has 0 bridgehead atoms. The van der Waals surface area contributed by atoms with Crippen LogP contribution in [0, 0.1) is 0 Å². The zero-order valence-electron chi connectivity index (χ0n) is 16.3. The van der Waals surface area contributed by atoms with Crippen LogP contribution in [0.4, 0.5) is 0 Å². The van der Waals surface area contributed by atoms with Crippen molar-refractivity contribution in [1.82, 2.24) is 14.8 Å². The topological polar surface area (TPSA) is 70.6 Å². The first-order valence-electron chi connectivity index (χ1n) is 8.96. The Hall–Kier alpha value is -2.23. The molecule has 2 rings (SSSR count). The van der Waals surface area contributed by atoms with Gasteiger partial charge in [-0.15, -0.1) is 0 Å². The molecule has 0 unspecified atom stereocenters. The number of sulfone groups is 1. The Bertz CT molecular complexity index is 964. The Morgan fingerprint density at radius 1 is 1.03 bits per heavy atom. The van der Waals surface area contributed by atoms with E-state index in [1.165, 1.54) is 4.90 Å². The lowest BCUT2D eigenvalue weighted by molar-refractivity contribution is -0.116. The van der Waals surface area contributed by atoms with Crippen LogP contribution in [0.3, 0.4) is 0 Å². The third-order valence-corrected chi connectivity index (χ3v) is 6.55. The van der Waals surface area contributed by atoms with Gasteiger partial charge >= 0.3 is 0 Å². The monoisotopic (exact) mass is 449 g/mol. The number of carbonyl (C=O) groups excluding carboxylic acids is 1. The molecule has 1 aromatic heterocycles. The van der Waals surface area contributed by atoms with Crippen molar-refractivity contribution in [2.45, 2.75) is 6.92 Å². The Balaban J connectivity index is 1.97. The number of aromatic nitrogens is 1. The summed E-state index contributed by atoms with van der Waals surface area (Å²) in [6, 6.07) is 14.5. The first-order chi connectivity index (χ1) is 13.7. The Morgan fingerprint density at radius 3 is 2.28 bits per heavy atom. The molecule has 0 amide bonds. The molecule has 29 heavy (non-hydrogen) atoms. The molecule has 154 valence electrons. The summed E-state index contributed by atoms with van der Waals surface area (Å²) in [5, 5.41) is 0. The van der Waals surface area contributed by atoms with Gasteiger partial charge in [-0.1, -0.05) is 60.8 Å². The zero-order valence-corrected chi connectivity index (χ0v) is 18.8. The second-order valence-corrected chi connectivity index (χ2v) is 9.27. The van der Waals surface area contributed by atoms with Gasteiger partial charge < -0.3 is 9.80 Å². The molecule has 9 heteroatoms. The quantitative estimate of drug-likeness (QED) is 0.540. The first-order valence-corrected chi connectivity index (χ1v) is 11.6. The molecule has 6 nitrogen and oxygen atoms in total. The highest BCUT2D eigenvalue weighted by atomic mass is 32.2. The molecule has 0 radical (unpaired) electrons. The van der Waals surface area contributed by atoms with E-state index in [0.29, 0.717) is 22.2 Å². The van der Waals surface area contributed by atoms with Crippen molar-refractivity contribution in [3.05, 3.63) is 66.0 Å². The van der Waals surface area contributed by atoms with Crippen LogP contribution in [0.25, 0.3) is 0 Å². The van der Waals surface area contributed by atoms with Gasteiger partial charge in [0.25, 0.3) is 0 Å². The van der Waals surface area contributed by atoms with Gasteiger partial charge in [0.1, 0.15) is 21.6 Å². The smallest absolute Gasteiger partial charge is 0.175 e. The molecule has 1 aromatic carbocycles. The maximum Gasteiger partial charge on any atom is 0.175 e. The molecule has 0 saturated heterocycles. The number of rotatable bonds is 9. The Morgan fingerprint density at radius 2 is 1.69 bits per heavy atom. The minimum atomic E-state index is -3.69. The highest BCUT2D eigenvalue weighted by Crippen LogP contribution is 2.08. The maximum atomic E-state index is 12.6. The average molecular weight is 450 g/mol. The van der Waals surface area contributed by atoms with Crippen molar-refractivity contribution in [2.24, 2.45) is 0 Å². The van der Waals surface area contributed by atoms with E-state index < -0.39 is 21.4 Å². The normalized spacial score (nSPS) is 11.0. The number of pyridine rings is 1. The van der Waals surface area contributed by atoms with Crippen LogP contribution >= 0.6 is 24.4 Å². The number of thiocarbonyl (C=S) groups is 2. The Labute approximate surface area is 182 Å². The molecule has 0 atom stereocenters. The molecule has 1 heterocycles. The summed E-state index contributed by atoms with van der Waals surface area (Å²) in [7, 11) is -2.01. The molecule has 2 aromatic rings. The first kappa shape index (κ1) is 23.1. The third-order valence-electron chi connectivity index (χ3n) is 4.07. The molecule has 0 aliphatic rings. The lowest BCUT2D eigenvalue weighted by atomic mass is 10.2. The standard InChI is InChI=1S/C20H23N3O3S3/c1-3-23(20(28)18-11-7-8-12-21-18)15-29(25,26)14-17(24)13-22(2)19(27)16-9-5-4-6-10-16/h4-12H,3,13-15H2,1-2H3. The van der Waals surface area contributed by atoms with E-state index in [-0.39, 0.29) is 12.4 Å². The number of hydrogen-bond acceptors (Lipinski definition) is 6. The summed E-state index contributed by atoms with van der Waals surface area (Å²) in [6.07, 6.45) is 1.60. The van der Waals surface area contributed by atoms with Crippen molar-refractivity contribution >= 4 is 50.0 Å². The summed E-state index contributed by atoms with van der Waals surface area (Å²) in [5.74, 6) is -1.33. The summed E-state index contributed by atoms with van der Waals surface area (Å²) < 4.78 is 25.1. The van der Waals surface area contributed by atoms with E-state index in [9.17, 15) is 13.2 Å². The van der Waals surface area contributed by atoms with E-state index in [1.807, 2.05) is 30.3 Å². The van der Waals surface area contributed by atoms with Crippen molar-refractivity contribution in [3.63, 3.8) is 0 Å². The van der Waals surface area contributed by atoms with Crippen LogP contribution in [0.15, 0.2) is 54.7 Å². The number of likely N-dealkylation sites (N-methyl/N-ethyl adjacent to an activating group) is 1. The second-order valence-electron chi connectivity index (χ2n) is 6.46. The van der Waals surface area contributed by atoms with E-state index in [1.54, 1.807) is 43.3 Å². The number of ketones is 1. The van der Waals surface area contributed by atoms with E-state index >= 15 is 0 Å². The molecule has 0 saturated carbocycles. The van der Waals surface area contributed by atoms with Crippen LogP contribution in [-0.2, 0) is 14.6 Å². The number of hydrogen-bond donors (Lipinski definition) is 0. The largest absolute Gasteiger partial charge is 0.358 e. The highest BCUT2D eigenvalue weighted by molar-refractivity contribution is 7.92. The number of carbonyl (C=O) groups is 1. The average Bonchev–Trinajstić information content (AvgIpc) is 2.71. The summed E-state index contributed by atoms with van der Waals surface area (Å²) >= 11 is 10.7. The van der Waals surface area contributed by atoms with Gasteiger partial charge in [-0.25, -0.2) is 8.42 Å². The fourth-order valence-electron chi connectivity index (χ4n) is 2.66. The molecule has 0 spiro atoms. The van der Waals surface area contributed by atoms with Crippen LogP contribution in [0.5, 0.6) is 0 Å². The SMILES string of the molecule is CCN(CS(=O)(=O)CC(=O)CN(C)C(=S)c1ccccc1)C(=S)c1ccccn1. The molecule has 0 aliphatic heterocycles. The van der Waals surface area contributed by atoms with Crippen molar-refractivity contribution in [1.29, 1.82) is 0 Å². The molecular weight excluding hydrogens is 426 g/mol. The van der Waals surface area contributed by atoms with Gasteiger partial charge in [0, 0.05) is 25.4 Å². The summed E-state index contributed by atoms with van der Waals surface area (Å²) in [4.78, 5) is 20.5. The van der Waals surface area contributed by atoms with E-state index in [2.05, 4.69) is 4.98 Å². The van der Waals surface area contributed by atoms with E-state index in [4.69, 9.17) is 24.4 Å². The van der Waals surface area contributed by atoms with Gasteiger partial charge in [-0.3, -0.25) is 9.78 Å². The van der Waals surface area contributed by atoms with Crippen LogP contribution in [-0.4, -0.2) is 70.7 Å². The highest BCUT2D eigenvalue weighted by Gasteiger charge is 2.23. The van der Waals surface area contributed by atoms with Crippen molar-refractivity contribution < 1.29 is 13.2 Å². The van der Waals surface area contributed by atoms with Gasteiger partial charge in [0.15, 0.2) is 15.6 Å². The third kappa shape index (κ3) is 6.95. The fraction of sp³-hybridized carbons (Fsp3) is 0.300. The van der Waals surface area contributed by atoms with Crippen LogP contribution < -0.4 is 0 Å². The number of Topliss-reactive ketones (excluding diaryl/α,β-unsaturated/α-hetero) is 1. The second kappa shape index (κ2) is 10.5. The maximum absolute atomic E-state index is 12.6. The fourth-order valence-corrected chi connectivity index (χ4v) is 4.71. The number of nitrogens with zero attached hydrogens (tertiary/aromatic N) is 3. The van der Waals surface area contributed by atoms with Gasteiger partial charge in [0.05, 0.1) is 12.2 Å². The lowest BCUT2D eigenvalue weighted by Crippen LogP contribution is -2.39. The molecule has 0 fully saturated rings. The van der Waals surface area contributed by atoms with Crippen molar-refractivity contribution in [3.8, 4) is 0 Å². The summed E-state index contributed by atoms with van der Waals surface area (Å²) in [6.45, 7) is 2.11. The van der Waals surface area contributed by atoms with Crippen LogP contribution in [0.2, 0.25) is 0 Å². The minimum Gasteiger partial charge on any atom is -0.358 e. The van der Waals surface area contributed by atoms with E-state index in [0.717, 1.165) is 5.56 Å². The lowest BCUT2D eigenvalue weighted by Gasteiger charge is -2.23. The predicted octanol–water partition coefficient (Wildman–Crippen LogP) is 2.33.